The molecule has 21 heavy (non-hydrogen) atoms. The van der Waals surface area contributed by atoms with Crippen LogP contribution in [0.1, 0.15) is 18.4 Å². The van der Waals surface area contributed by atoms with Crippen molar-refractivity contribution in [1.82, 2.24) is 4.90 Å². The first kappa shape index (κ1) is 15.2. The van der Waals surface area contributed by atoms with E-state index in [1.807, 2.05) is 0 Å². The Morgan fingerprint density at radius 3 is 2.90 bits per heavy atom. The van der Waals surface area contributed by atoms with Crippen LogP contribution in [0.2, 0.25) is 0 Å². The molecule has 5 N–H and O–H groups in total. The van der Waals surface area contributed by atoms with Gasteiger partial charge in [-0.25, -0.2) is 0 Å². The van der Waals surface area contributed by atoms with E-state index < -0.39 is 4.92 Å². The molecule has 0 bridgehead atoms. The third-order valence-electron chi connectivity index (χ3n) is 3.77. The van der Waals surface area contributed by atoms with Gasteiger partial charge in [0.15, 0.2) is 0 Å². The first-order valence-electron chi connectivity index (χ1n) is 6.77. The zero-order valence-electron chi connectivity index (χ0n) is 11.6. The van der Waals surface area contributed by atoms with E-state index in [1.165, 1.54) is 6.07 Å². The monoisotopic (exact) mass is 293 g/mol. The molecule has 0 aromatic heterocycles. The number of carbonyl (C=O) groups excluding carboxylic acids is 1. The number of hydrogen-bond donors (Lipinski definition) is 3. The predicted octanol–water partition coefficient (Wildman–Crippen LogP) is 0.578. The number of likely N-dealkylation sites (tertiary alicyclic amines) is 1. The van der Waals surface area contributed by atoms with Gasteiger partial charge in [-0.15, -0.1) is 0 Å². The van der Waals surface area contributed by atoms with E-state index in [2.05, 4.69) is 10.3 Å². The van der Waals surface area contributed by atoms with Crippen molar-refractivity contribution >= 4 is 17.3 Å². The van der Waals surface area contributed by atoms with Gasteiger partial charge in [0.25, 0.3) is 5.69 Å². The highest BCUT2D eigenvalue weighted by molar-refractivity contribution is 5.77. The molecule has 114 valence electrons. The number of amides is 1. The number of hydrogen-bond acceptors (Lipinski definition) is 6. The number of carbonyl (C=O) groups is 1. The van der Waals surface area contributed by atoms with Crippen molar-refractivity contribution in [3.63, 3.8) is 0 Å². The molecule has 0 spiro atoms. The highest BCUT2D eigenvalue weighted by atomic mass is 16.6. The van der Waals surface area contributed by atoms with Crippen molar-refractivity contribution in [2.45, 2.75) is 19.4 Å². The largest absolute Gasteiger partial charge is 0.369 e. The van der Waals surface area contributed by atoms with Crippen molar-refractivity contribution in [3.05, 3.63) is 33.9 Å². The summed E-state index contributed by atoms with van der Waals surface area (Å²) in [6, 6.07) is 4.82. The molecule has 0 radical (unpaired) electrons. The van der Waals surface area contributed by atoms with Gasteiger partial charge in [0.05, 0.1) is 10.8 Å². The number of hydrazine groups is 1. The van der Waals surface area contributed by atoms with Crippen molar-refractivity contribution < 1.29 is 9.72 Å². The van der Waals surface area contributed by atoms with Gasteiger partial charge in [-0.05, 0) is 24.9 Å². The van der Waals surface area contributed by atoms with Crippen LogP contribution in [0, 0.1) is 16.0 Å². The predicted molar refractivity (Wildman–Crippen MR) is 78.1 cm³/mol. The van der Waals surface area contributed by atoms with Crippen molar-refractivity contribution in [1.29, 1.82) is 0 Å². The zero-order chi connectivity index (χ0) is 15.4. The van der Waals surface area contributed by atoms with Crippen LogP contribution in [0.25, 0.3) is 0 Å². The Morgan fingerprint density at radius 2 is 2.29 bits per heavy atom. The minimum absolute atomic E-state index is 0.0570. The molecule has 1 aromatic carbocycles. The third-order valence-corrected chi connectivity index (χ3v) is 3.77. The number of nitrogens with two attached hydrogens (primary N) is 2. The number of rotatable bonds is 5. The minimum Gasteiger partial charge on any atom is -0.369 e. The van der Waals surface area contributed by atoms with Crippen LogP contribution < -0.4 is 17.0 Å². The molecule has 1 amide bonds. The second kappa shape index (κ2) is 6.51. The lowest BCUT2D eigenvalue weighted by Gasteiger charge is -2.31. The van der Waals surface area contributed by atoms with E-state index >= 15 is 0 Å². The van der Waals surface area contributed by atoms with Gasteiger partial charge < -0.3 is 11.2 Å². The van der Waals surface area contributed by atoms with Crippen molar-refractivity contribution in [3.8, 4) is 0 Å². The van der Waals surface area contributed by atoms with Gasteiger partial charge in [-0.1, -0.05) is 12.1 Å². The highest BCUT2D eigenvalue weighted by Gasteiger charge is 2.25. The Labute approximate surface area is 122 Å². The molecule has 1 fully saturated rings. The fourth-order valence-corrected chi connectivity index (χ4v) is 2.71. The van der Waals surface area contributed by atoms with Crippen molar-refractivity contribution in [2.75, 3.05) is 18.5 Å². The number of nitrogens with one attached hydrogen (secondary N) is 1. The van der Waals surface area contributed by atoms with Crippen LogP contribution in [0.4, 0.5) is 11.4 Å². The maximum absolute atomic E-state index is 11.3. The molecule has 1 aliphatic heterocycles. The number of primary amides is 1. The Morgan fingerprint density at radius 1 is 1.52 bits per heavy atom. The molecule has 0 saturated carbocycles. The highest BCUT2D eigenvalue weighted by Crippen LogP contribution is 2.29. The lowest BCUT2D eigenvalue weighted by Crippen LogP contribution is -2.40. The van der Waals surface area contributed by atoms with E-state index in [-0.39, 0.29) is 17.5 Å². The van der Waals surface area contributed by atoms with E-state index in [0.717, 1.165) is 24.9 Å². The van der Waals surface area contributed by atoms with E-state index in [4.69, 9.17) is 11.6 Å². The van der Waals surface area contributed by atoms with Gasteiger partial charge >= 0.3 is 0 Å². The molecule has 1 unspecified atom stereocenters. The Bertz CT molecular complexity index is 549. The van der Waals surface area contributed by atoms with Crippen molar-refractivity contribution in [2.24, 2.45) is 17.5 Å². The molecular formula is C13H19N5O3. The van der Waals surface area contributed by atoms with Crippen LogP contribution in [0.3, 0.4) is 0 Å². The van der Waals surface area contributed by atoms with Gasteiger partial charge in [-0.3, -0.25) is 25.7 Å². The number of para-hydroxylation sites is 1. The van der Waals surface area contributed by atoms with Crippen LogP contribution >= 0.6 is 0 Å². The standard InChI is InChI=1S/C13H19N5O3/c14-13(19)10-4-2-6-17(8-10)7-9-3-1-5-11(18(20)21)12(9)16-15/h1,3,5,10,16H,2,4,6-8,15H2,(H2,14,19). The molecule has 8 heteroatoms. The topological polar surface area (TPSA) is 128 Å². The molecule has 1 heterocycles. The first-order valence-corrected chi connectivity index (χ1v) is 6.77. The lowest BCUT2D eigenvalue weighted by molar-refractivity contribution is -0.384. The summed E-state index contributed by atoms with van der Waals surface area (Å²) in [5.74, 6) is 4.97. The fraction of sp³-hybridized carbons (Fsp3) is 0.462. The number of nitro benzene ring substituents is 1. The van der Waals surface area contributed by atoms with Crippen LogP contribution in [-0.4, -0.2) is 28.8 Å². The van der Waals surface area contributed by atoms with Gasteiger partial charge in [-0.2, -0.15) is 0 Å². The second-order valence-corrected chi connectivity index (χ2v) is 5.19. The quantitative estimate of drug-likeness (QED) is 0.414. The summed E-state index contributed by atoms with van der Waals surface area (Å²) < 4.78 is 0. The van der Waals surface area contributed by atoms with Gasteiger partial charge in [0, 0.05) is 19.2 Å². The molecule has 1 saturated heterocycles. The summed E-state index contributed by atoms with van der Waals surface area (Å²) in [6.45, 7) is 1.89. The first-order chi connectivity index (χ1) is 10.0. The molecule has 1 aromatic rings. The van der Waals surface area contributed by atoms with E-state index in [0.29, 0.717) is 18.8 Å². The number of nitrogen functional groups attached to an aromatic ring is 1. The molecule has 1 aliphatic rings. The fourth-order valence-electron chi connectivity index (χ4n) is 2.71. The van der Waals surface area contributed by atoms with E-state index in [9.17, 15) is 14.9 Å². The maximum atomic E-state index is 11.3. The second-order valence-electron chi connectivity index (χ2n) is 5.19. The normalized spacial score (nSPS) is 19.2. The number of piperidine rings is 1. The van der Waals surface area contributed by atoms with Crippen LogP contribution in [-0.2, 0) is 11.3 Å². The smallest absolute Gasteiger partial charge is 0.293 e. The van der Waals surface area contributed by atoms with E-state index in [1.54, 1.807) is 12.1 Å². The molecule has 0 aliphatic carbocycles. The average Bonchev–Trinajstić information content (AvgIpc) is 2.47. The molecular weight excluding hydrogens is 274 g/mol. The summed E-state index contributed by atoms with van der Waals surface area (Å²) in [5, 5.41) is 11.0. The Kier molecular flexibility index (Phi) is 4.71. The van der Waals surface area contributed by atoms with Gasteiger partial charge in [0.1, 0.15) is 5.69 Å². The molecule has 2 rings (SSSR count). The number of anilines is 1. The maximum Gasteiger partial charge on any atom is 0.293 e. The third kappa shape index (κ3) is 3.47. The summed E-state index contributed by atoms with van der Waals surface area (Å²) in [7, 11) is 0. The summed E-state index contributed by atoms with van der Waals surface area (Å²) in [4.78, 5) is 23.9. The summed E-state index contributed by atoms with van der Waals surface area (Å²) in [5.41, 5.74) is 8.75. The van der Waals surface area contributed by atoms with Crippen LogP contribution in [0.5, 0.6) is 0 Å². The summed E-state index contributed by atoms with van der Waals surface area (Å²) in [6.07, 6.45) is 1.68. The zero-order valence-corrected chi connectivity index (χ0v) is 11.6. The summed E-state index contributed by atoms with van der Waals surface area (Å²) >= 11 is 0. The number of benzene rings is 1. The molecule has 1 atom stereocenters. The number of nitro groups is 1. The minimum atomic E-state index is -0.471. The lowest BCUT2D eigenvalue weighted by atomic mass is 9.97. The van der Waals surface area contributed by atoms with Crippen LogP contribution in [0.15, 0.2) is 18.2 Å². The Hall–Kier alpha value is -2.19. The molecule has 8 nitrogen and oxygen atoms in total. The SMILES string of the molecule is NNc1c(CN2CCCC(C(N)=O)C2)cccc1[N+](=O)[O-]. The van der Waals surface area contributed by atoms with Gasteiger partial charge in [0.2, 0.25) is 5.91 Å². The number of nitrogens with zero attached hydrogens (tertiary/aromatic N) is 2. The average molecular weight is 293 g/mol. The Balaban J connectivity index is 2.17.